The van der Waals surface area contributed by atoms with Gasteiger partial charge in [0.25, 0.3) is 0 Å². The molecule has 3 atom stereocenters. The van der Waals surface area contributed by atoms with E-state index in [1.807, 2.05) is 37.4 Å². The van der Waals surface area contributed by atoms with Crippen molar-refractivity contribution in [2.75, 3.05) is 46.8 Å². The van der Waals surface area contributed by atoms with Crippen molar-refractivity contribution < 1.29 is 29.2 Å². The minimum absolute atomic E-state index is 0.00320. The van der Waals surface area contributed by atoms with E-state index >= 15 is 0 Å². The van der Waals surface area contributed by atoms with Crippen LogP contribution in [0.5, 0.6) is 23.0 Å². The molecule has 0 bridgehead atoms. The molecule has 10 heteroatoms. The highest BCUT2D eigenvalue weighted by molar-refractivity contribution is 5.95. The number of guanidine groups is 1. The Balaban J connectivity index is 1.62. The monoisotopic (exact) mass is 706 g/mol. The molecule has 6 N–H and O–H groups in total. The third-order valence-corrected chi connectivity index (χ3v) is 10.9. The molecule has 0 aromatic heterocycles. The number of hydrogen-bond acceptors (Lipinski definition) is 8. The molecular weight excluding hydrogens is 644 g/mol. The van der Waals surface area contributed by atoms with Crippen molar-refractivity contribution in [3.63, 3.8) is 0 Å². The predicted molar refractivity (Wildman–Crippen MR) is 205 cm³/mol. The van der Waals surface area contributed by atoms with Crippen LogP contribution in [0, 0.1) is 17.3 Å². The van der Waals surface area contributed by atoms with Gasteiger partial charge in [0.2, 0.25) is 0 Å². The fourth-order valence-corrected chi connectivity index (χ4v) is 8.13. The first kappa shape index (κ1) is 40.0. The molecule has 51 heavy (non-hydrogen) atoms. The maximum Gasteiger partial charge on any atom is 0.192 e. The lowest BCUT2D eigenvalue weighted by atomic mass is 9.75. The number of ether oxygens (including phenoxy) is 3. The SMILES string of the molecule is CCCCCC(C=CC(=O)C1(Cc2ccc(O)c(OC)c2)CCCC1)Cc1cc(NC(N)=NC)c(O)c(OC2(CNC)CCC(CCOC)C2)c1. The van der Waals surface area contributed by atoms with Crippen LogP contribution < -0.4 is 25.8 Å². The first-order valence-electron chi connectivity index (χ1n) is 18.9. The predicted octanol–water partition coefficient (Wildman–Crippen LogP) is 7.30. The van der Waals surface area contributed by atoms with Crippen LogP contribution in [0.15, 0.2) is 47.5 Å². The van der Waals surface area contributed by atoms with Gasteiger partial charge in [-0.25, -0.2) is 0 Å². The number of carbonyl (C=O) groups is 1. The molecule has 3 unspecified atom stereocenters. The number of carbonyl (C=O) groups excluding carboxylic acids is 1. The molecule has 4 rings (SSSR count). The van der Waals surface area contributed by atoms with Crippen molar-refractivity contribution >= 4 is 17.4 Å². The molecule has 2 aromatic rings. The Kier molecular flexibility index (Phi) is 15.1. The van der Waals surface area contributed by atoms with Crippen LogP contribution >= 0.6 is 0 Å². The van der Waals surface area contributed by atoms with Gasteiger partial charge in [-0.3, -0.25) is 9.79 Å². The standard InChI is InChI=1S/C41H62N4O6/c1-6-7-8-11-29(13-15-37(47)40(18-9-10-19-40)26-31-12-14-34(46)35(24-31)50-5)22-32-23-33(45-39(42)44-3)38(48)36(25-32)51-41(28-43-2)20-16-30(27-41)17-21-49-4/h12-15,23-25,29-30,43,46,48H,6-11,16-22,26-28H2,1-5H3,(H3,42,44,45). The number of rotatable bonds is 20. The number of allylic oxidation sites excluding steroid dienone is 2. The summed E-state index contributed by atoms with van der Waals surface area (Å²) in [4.78, 5) is 18.2. The summed E-state index contributed by atoms with van der Waals surface area (Å²) in [5.41, 5.74) is 7.57. The van der Waals surface area contributed by atoms with E-state index in [4.69, 9.17) is 19.9 Å². The average molecular weight is 707 g/mol. The first-order valence-corrected chi connectivity index (χ1v) is 18.9. The van der Waals surface area contributed by atoms with Gasteiger partial charge in [0.05, 0.1) is 12.8 Å². The molecule has 0 saturated heterocycles. The van der Waals surface area contributed by atoms with E-state index in [1.54, 1.807) is 27.3 Å². The van der Waals surface area contributed by atoms with Crippen molar-refractivity contribution in [2.45, 2.75) is 102 Å². The topological polar surface area (TPSA) is 148 Å². The number of nitrogens with zero attached hydrogens (tertiary/aromatic N) is 1. The van der Waals surface area contributed by atoms with Gasteiger partial charge < -0.3 is 40.8 Å². The van der Waals surface area contributed by atoms with E-state index in [0.717, 1.165) is 88.2 Å². The molecule has 2 saturated carbocycles. The second-order valence-electron chi connectivity index (χ2n) is 14.8. The number of unbranched alkanes of at least 4 members (excludes halogenated alkanes) is 2. The number of anilines is 1. The van der Waals surface area contributed by atoms with Gasteiger partial charge in [-0.2, -0.15) is 0 Å². The highest BCUT2D eigenvalue weighted by Gasteiger charge is 2.42. The smallest absolute Gasteiger partial charge is 0.192 e. The van der Waals surface area contributed by atoms with E-state index in [0.29, 0.717) is 49.1 Å². The van der Waals surface area contributed by atoms with Crippen LogP contribution in [0.3, 0.4) is 0 Å². The molecule has 282 valence electrons. The fourth-order valence-electron chi connectivity index (χ4n) is 8.13. The number of ketones is 1. The van der Waals surface area contributed by atoms with Gasteiger partial charge in [0, 0.05) is 32.7 Å². The quantitative estimate of drug-likeness (QED) is 0.0315. The molecule has 2 aliphatic carbocycles. The number of hydrogen-bond donors (Lipinski definition) is 5. The maximum atomic E-state index is 14.1. The molecule has 0 amide bonds. The summed E-state index contributed by atoms with van der Waals surface area (Å²) >= 11 is 0. The van der Waals surface area contributed by atoms with Crippen molar-refractivity contribution in [3.05, 3.63) is 53.6 Å². The fraction of sp³-hybridized carbons (Fsp3) is 0.610. The average Bonchev–Trinajstić information content (AvgIpc) is 3.76. The van der Waals surface area contributed by atoms with E-state index in [1.165, 1.54) is 0 Å². The minimum atomic E-state index is -0.468. The molecule has 0 spiro atoms. The summed E-state index contributed by atoms with van der Waals surface area (Å²) in [6.07, 6.45) is 16.9. The Morgan fingerprint density at radius 2 is 1.86 bits per heavy atom. The second-order valence-corrected chi connectivity index (χ2v) is 14.8. The number of aromatic hydroxyl groups is 2. The Morgan fingerprint density at radius 3 is 2.55 bits per heavy atom. The highest BCUT2D eigenvalue weighted by Crippen LogP contribution is 2.45. The molecule has 0 radical (unpaired) electrons. The molecule has 0 aliphatic heterocycles. The Hall–Kier alpha value is -3.76. The van der Waals surface area contributed by atoms with Gasteiger partial charge in [-0.1, -0.05) is 51.2 Å². The van der Waals surface area contributed by atoms with Gasteiger partial charge in [0.1, 0.15) is 5.60 Å². The van der Waals surface area contributed by atoms with Crippen LogP contribution in [-0.2, 0) is 22.4 Å². The highest BCUT2D eigenvalue weighted by atomic mass is 16.5. The van der Waals surface area contributed by atoms with Crippen LogP contribution in [0.4, 0.5) is 5.69 Å². The number of nitrogens with one attached hydrogen (secondary N) is 2. The number of likely N-dealkylation sites (N-methyl/N-ethyl adjacent to an activating group) is 1. The van der Waals surface area contributed by atoms with Gasteiger partial charge >= 0.3 is 0 Å². The van der Waals surface area contributed by atoms with Gasteiger partial charge in [0.15, 0.2) is 34.7 Å². The van der Waals surface area contributed by atoms with Gasteiger partial charge in [-0.15, -0.1) is 0 Å². The van der Waals surface area contributed by atoms with Crippen LogP contribution in [0.1, 0.15) is 95.1 Å². The molecule has 10 nitrogen and oxygen atoms in total. The van der Waals surface area contributed by atoms with Crippen molar-refractivity contribution in [3.8, 4) is 23.0 Å². The summed E-state index contributed by atoms with van der Waals surface area (Å²) in [5.74, 6) is 1.88. The van der Waals surface area contributed by atoms with E-state index in [-0.39, 0.29) is 29.2 Å². The van der Waals surface area contributed by atoms with Gasteiger partial charge in [-0.05, 0) is 118 Å². The third-order valence-electron chi connectivity index (χ3n) is 10.9. The Labute approximate surface area is 305 Å². The summed E-state index contributed by atoms with van der Waals surface area (Å²) in [6.45, 7) is 3.57. The number of aliphatic imine (C=N–C) groups is 1. The number of phenols is 2. The van der Waals surface area contributed by atoms with E-state index < -0.39 is 11.0 Å². The number of phenolic OH excluding ortho intramolecular Hbond substituents is 2. The van der Waals surface area contributed by atoms with Crippen LogP contribution in [-0.4, -0.2) is 69.0 Å². The Bertz CT molecular complexity index is 1490. The first-order chi connectivity index (χ1) is 24.6. The second kappa shape index (κ2) is 19.2. The number of nitrogens with two attached hydrogens (primary N) is 1. The third kappa shape index (κ3) is 10.9. The zero-order valence-corrected chi connectivity index (χ0v) is 31.6. The molecule has 0 heterocycles. The van der Waals surface area contributed by atoms with Crippen molar-refractivity contribution in [1.82, 2.24) is 5.32 Å². The number of benzene rings is 2. The number of methoxy groups -OCH3 is 2. The molecular formula is C41H62N4O6. The zero-order valence-electron chi connectivity index (χ0n) is 31.6. The summed E-state index contributed by atoms with van der Waals surface area (Å²) in [5, 5.41) is 28.0. The van der Waals surface area contributed by atoms with Crippen LogP contribution in [0.25, 0.3) is 0 Å². The molecule has 2 aliphatic rings. The van der Waals surface area contributed by atoms with Crippen LogP contribution in [0.2, 0.25) is 0 Å². The normalized spacial score (nSPS) is 20.9. The summed E-state index contributed by atoms with van der Waals surface area (Å²) < 4.78 is 17.5. The zero-order chi connectivity index (χ0) is 36.9. The summed E-state index contributed by atoms with van der Waals surface area (Å²) in [6, 6.07) is 9.25. The minimum Gasteiger partial charge on any atom is -0.504 e. The van der Waals surface area contributed by atoms with Crippen molar-refractivity contribution in [2.24, 2.45) is 28.0 Å². The maximum absolute atomic E-state index is 14.1. The lowest BCUT2D eigenvalue weighted by molar-refractivity contribution is -0.123. The van der Waals surface area contributed by atoms with E-state index in [2.05, 4.69) is 28.6 Å². The molecule has 2 aromatic carbocycles. The van der Waals surface area contributed by atoms with E-state index in [9.17, 15) is 15.0 Å². The van der Waals surface area contributed by atoms with Crippen molar-refractivity contribution in [1.29, 1.82) is 0 Å². The Morgan fingerprint density at radius 1 is 1.10 bits per heavy atom. The lowest BCUT2D eigenvalue weighted by Gasteiger charge is -2.32. The lowest BCUT2D eigenvalue weighted by Crippen LogP contribution is -2.42. The molecule has 2 fully saturated rings. The summed E-state index contributed by atoms with van der Waals surface area (Å²) in [7, 11) is 6.81. The largest absolute Gasteiger partial charge is 0.504 e.